The zero-order chi connectivity index (χ0) is 18.0. The maximum Gasteiger partial charge on any atom is 0.336 e. The zero-order valence-electron chi connectivity index (χ0n) is 14.8. The van der Waals surface area contributed by atoms with Crippen LogP contribution in [0.25, 0.3) is 11.0 Å². The second kappa shape index (κ2) is 7.58. The van der Waals surface area contributed by atoms with Crippen LogP contribution in [0.2, 0.25) is 0 Å². The zero-order valence-corrected chi connectivity index (χ0v) is 16.4. The van der Waals surface area contributed by atoms with E-state index in [1.54, 1.807) is 17.8 Å². The van der Waals surface area contributed by atoms with E-state index in [1.165, 1.54) is 16.9 Å². The van der Waals surface area contributed by atoms with Gasteiger partial charge in [-0.1, -0.05) is 36.9 Å². The largest absolute Gasteiger partial charge is 0.423 e. The number of nitrogens with zero attached hydrogens (tertiary/aromatic N) is 2. The average molecular weight is 376 g/mol. The monoisotopic (exact) mass is 375 g/mol. The van der Waals surface area contributed by atoms with Crippen LogP contribution in [0.5, 0.6) is 0 Å². The maximum absolute atomic E-state index is 11.9. The van der Waals surface area contributed by atoms with Crippen molar-refractivity contribution in [1.29, 1.82) is 0 Å². The second-order valence-corrected chi connectivity index (χ2v) is 8.66. The van der Waals surface area contributed by atoms with Crippen LogP contribution in [0, 0.1) is 19.8 Å². The number of aromatic nitrogens is 2. The second-order valence-electron chi connectivity index (χ2n) is 6.46. The summed E-state index contributed by atoms with van der Waals surface area (Å²) in [5.74, 6) is 1.21. The number of benzene rings is 1. The Labute approximate surface area is 154 Å². The molecule has 0 radical (unpaired) electrons. The molecule has 0 fully saturated rings. The highest BCUT2D eigenvalue weighted by atomic mass is 32.2. The van der Waals surface area contributed by atoms with E-state index in [0.29, 0.717) is 17.3 Å². The molecule has 132 valence electrons. The lowest BCUT2D eigenvalue weighted by Gasteiger charge is -2.07. The van der Waals surface area contributed by atoms with E-state index in [4.69, 9.17) is 4.42 Å². The van der Waals surface area contributed by atoms with Crippen molar-refractivity contribution in [2.24, 2.45) is 5.92 Å². The first-order valence-corrected chi connectivity index (χ1v) is 9.96. The third kappa shape index (κ3) is 4.41. The maximum atomic E-state index is 11.9. The number of hydrogen-bond acceptors (Lipinski definition) is 7. The third-order valence-corrected chi connectivity index (χ3v) is 5.93. The third-order valence-electron chi connectivity index (χ3n) is 3.86. The molecule has 3 aromatic rings. The van der Waals surface area contributed by atoms with Gasteiger partial charge in [-0.3, -0.25) is 0 Å². The number of rotatable bonds is 6. The normalized spacial score (nSPS) is 11.4. The van der Waals surface area contributed by atoms with Gasteiger partial charge in [-0.15, -0.1) is 10.2 Å². The Kier molecular flexibility index (Phi) is 5.44. The number of anilines is 1. The SMILES string of the molecule is Cc1cc2oc(=O)cc(CSc3nnc(NCC(C)C)s3)c2cc1C. The van der Waals surface area contributed by atoms with Crippen LogP contribution in [0.1, 0.15) is 30.5 Å². The van der Waals surface area contributed by atoms with Gasteiger partial charge < -0.3 is 9.73 Å². The van der Waals surface area contributed by atoms with Crippen LogP contribution in [0.4, 0.5) is 5.13 Å². The molecular formula is C18H21N3O2S2. The summed E-state index contributed by atoms with van der Waals surface area (Å²) in [5.41, 5.74) is 3.59. The predicted molar refractivity (Wildman–Crippen MR) is 105 cm³/mol. The molecule has 5 nitrogen and oxygen atoms in total. The van der Waals surface area contributed by atoms with Crippen molar-refractivity contribution in [3.8, 4) is 0 Å². The molecule has 2 heterocycles. The molecule has 0 saturated carbocycles. The van der Waals surface area contributed by atoms with Crippen molar-refractivity contribution in [2.45, 2.75) is 37.8 Å². The van der Waals surface area contributed by atoms with E-state index in [9.17, 15) is 4.79 Å². The topological polar surface area (TPSA) is 68.0 Å². The van der Waals surface area contributed by atoms with Gasteiger partial charge in [0, 0.05) is 23.8 Å². The first-order chi connectivity index (χ1) is 11.9. The molecular weight excluding hydrogens is 354 g/mol. The number of nitrogens with one attached hydrogen (secondary N) is 1. The van der Waals surface area contributed by atoms with E-state index in [0.717, 1.165) is 32.5 Å². The Balaban J connectivity index is 1.79. The van der Waals surface area contributed by atoms with Crippen molar-refractivity contribution < 1.29 is 4.42 Å². The summed E-state index contributed by atoms with van der Waals surface area (Å²) >= 11 is 3.12. The first-order valence-electron chi connectivity index (χ1n) is 8.16. The van der Waals surface area contributed by atoms with Crippen LogP contribution in [0.3, 0.4) is 0 Å². The van der Waals surface area contributed by atoms with Crippen LogP contribution in [-0.4, -0.2) is 16.7 Å². The highest BCUT2D eigenvalue weighted by Gasteiger charge is 2.10. The number of thioether (sulfide) groups is 1. The van der Waals surface area contributed by atoms with Gasteiger partial charge in [-0.2, -0.15) is 0 Å². The molecule has 25 heavy (non-hydrogen) atoms. The van der Waals surface area contributed by atoms with Crippen molar-refractivity contribution >= 4 is 39.2 Å². The fraction of sp³-hybridized carbons (Fsp3) is 0.389. The van der Waals surface area contributed by atoms with Crippen LogP contribution in [-0.2, 0) is 5.75 Å². The molecule has 7 heteroatoms. The fourth-order valence-electron chi connectivity index (χ4n) is 2.37. The summed E-state index contributed by atoms with van der Waals surface area (Å²) in [7, 11) is 0. The fourth-order valence-corrected chi connectivity index (χ4v) is 4.12. The Morgan fingerprint density at radius 2 is 1.96 bits per heavy atom. The standard InChI is InChI=1S/C18H21N3O2S2/c1-10(2)8-19-17-20-21-18(25-17)24-9-13-7-16(22)23-15-6-12(4)11(3)5-14(13)15/h5-7,10H,8-9H2,1-4H3,(H,19,20). The molecule has 0 amide bonds. The Bertz CT molecular complexity index is 947. The van der Waals surface area contributed by atoms with Crippen molar-refractivity contribution in [3.05, 3.63) is 45.3 Å². The van der Waals surface area contributed by atoms with Gasteiger partial charge in [0.1, 0.15) is 5.58 Å². The Morgan fingerprint density at radius 3 is 2.72 bits per heavy atom. The molecule has 3 rings (SSSR count). The van der Waals surface area contributed by atoms with Crippen LogP contribution in [0.15, 0.2) is 31.8 Å². The molecule has 0 unspecified atom stereocenters. The number of fused-ring (bicyclic) bond motifs is 1. The Hall–Kier alpha value is -1.86. The van der Waals surface area contributed by atoms with Gasteiger partial charge in [-0.05, 0) is 48.6 Å². The average Bonchev–Trinajstić information content (AvgIpc) is 3.00. The number of aryl methyl sites for hydroxylation is 2. The summed E-state index contributed by atoms with van der Waals surface area (Å²) in [6.07, 6.45) is 0. The minimum atomic E-state index is -0.317. The summed E-state index contributed by atoms with van der Waals surface area (Å²) in [4.78, 5) is 11.9. The summed E-state index contributed by atoms with van der Waals surface area (Å²) in [6.45, 7) is 9.26. The van der Waals surface area contributed by atoms with Gasteiger partial charge in [0.05, 0.1) is 0 Å². The molecule has 0 aliphatic heterocycles. The lowest BCUT2D eigenvalue weighted by Crippen LogP contribution is -2.07. The molecule has 0 aliphatic rings. The van der Waals surface area contributed by atoms with Gasteiger partial charge in [-0.25, -0.2) is 4.79 Å². The quantitative estimate of drug-likeness (QED) is 0.501. The van der Waals surface area contributed by atoms with Gasteiger partial charge in [0.15, 0.2) is 4.34 Å². The van der Waals surface area contributed by atoms with Crippen molar-refractivity contribution in [3.63, 3.8) is 0 Å². The lowest BCUT2D eigenvalue weighted by atomic mass is 10.0. The van der Waals surface area contributed by atoms with Gasteiger partial charge in [0.25, 0.3) is 0 Å². The molecule has 2 aromatic heterocycles. The predicted octanol–water partition coefficient (Wildman–Crippen LogP) is 4.62. The Morgan fingerprint density at radius 1 is 1.20 bits per heavy atom. The molecule has 0 atom stereocenters. The van der Waals surface area contributed by atoms with Crippen LogP contribution >= 0.6 is 23.1 Å². The molecule has 0 saturated heterocycles. The molecule has 0 bridgehead atoms. The smallest absolute Gasteiger partial charge is 0.336 e. The van der Waals surface area contributed by atoms with E-state index < -0.39 is 0 Å². The van der Waals surface area contributed by atoms with E-state index in [1.807, 2.05) is 13.0 Å². The molecule has 1 N–H and O–H groups in total. The minimum absolute atomic E-state index is 0.317. The molecule has 0 spiro atoms. The van der Waals surface area contributed by atoms with E-state index >= 15 is 0 Å². The summed E-state index contributed by atoms with van der Waals surface area (Å²) < 4.78 is 6.23. The van der Waals surface area contributed by atoms with Crippen LogP contribution < -0.4 is 10.9 Å². The summed E-state index contributed by atoms with van der Waals surface area (Å²) in [6, 6.07) is 5.58. The number of hydrogen-bond donors (Lipinski definition) is 1. The lowest BCUT2D eigenvalue weighted by molar-refractivity contribution is 0.559. The highest BCUT2D eigenvalue weighted by Crippen LogP contribution is 2.31. The first kappa shape index (κ1) is 17.9. The van der Waals surface area contributed by atoms with Crippen molar-refractivity contribution in [1.82, 2.24) is 10.2 Å². The van der Waals surface area contributed by atoms with Gasteiger partial charge in [0.2, 0.25) is 5.13 Å². The minimum Gasteiger partial charge on any atom is -0.423 e. The van der Waals surface area contributed by atoms with Gasteiger partial charge >= 0.3 is 5.63 Å². The summed E-state index contributed by atoms with van der Waals surface area (Å²) in [5, 5.41) is 13.5. The van der Waals surface area contributed by atoms with Crippen molar-refractivity contribution in [2.75, 3.05) is 11.9 Å². The van der Waals surface area contributed by atoms with E-state index in [2.05, 4.69) is 42.4 Å². The molecule has 1 aromatic carbocycles. The molecule has 0 aliphatic carbocycles. The van der Waals surface area contributed by atoms with E-state index in [-0.39, 0.29) is 5.63 Å². The highest BCUT2D eigenvalue weighted by molar-refractivity contribution is 8.00.